The highest BCUT2D eigenvalue weighted by Crippen LogP contribution is 2.23. The van der Waals surface area contributed by atoms with Crippen molar-refractivity contribution in [2.75, 3.05) is 20.1 Å². The number of hydrogen-bond acceptors (Lipinski definition) is 2. The van der Waals surface area contributed by atoms with E-state index >= 15 is 0 Å². The molecule has 3 nitrogen and oxygen atoms in total. The van der Waals surface area contributed by atoms with Crippen molar-refractivity contribution in [2.45, 2.75) is 19.8 Å². The number of benzene rings is 1. The number of carbonyl (C=O) groups excluding carboxylic acids is 1. The second-order valence-electron chi connectivity index (χ2n) is 4.59. The van der Waals surface area contributed by atoms with Crippen molar-refractivity contribution in [3.05, 3.63) is 33.8 Å². The molecule has 0 aliphatic heterocycles. The van der Waals surface area contributed by atoms with Crippen LogP contribution in [0.1, 0.15) is 18.9 Å². The van der Waals surface area contributed by atoms with Crippen LogP contribution < -0.4 is 10.6 Å². The molecule has 0 aliphatic rings. The van der Waals surface area contributed by atoms with Crippen LogP contribution >= 0.6 is 35.6 Å². The van der Waals surface area contributed by atoms with Gasteiger partial charge in [0.1, 0.15) is 0 Å². The summed E-state index contributed by atoms with van der Waals surface area (Å²) < 4.78 is 0. The first-order valence-corrected chi connectivity index (χ1v) is 7.16. The molecule has 2 N–H and O–H groups in total. The molecule has 0 bridgehead atoms. The average molecular weight is 340 g/mol. The highest BCUT2D eigenvalue weighted by Gasteiger charge is 2.14. The minimum Gasteiger partial charge on any atom is -0.356 e. The number of carbonyl (C=O) groups is 1. The summed E-state index contributed by atoms with van der Waals surface area (Å²) in [5, 5.41) is 7.18. The van der Waals surface area contributed by atoms with E-state index in [-0.39, 0.29) is 24.2 Å². The van der Waals surface area contributed by atoms with Gasteiger partial charge in [0.05, 0.1) is 0 Å². The maximum atomic E-state index is 11.9. The first kappa shape index (κ1) is 19.5. The Kier molecular flexibility index (Phi) is 10.0. The SMILES string of the molecule is CNCCCNC(=O)C(C)Cc1ccc(Cl)cc1Cl.Cl. The Hall–Kier alpha value is -0.480. The predicted molar refractivity (Wildman–Crippen MR) is 88.1 cm³/mol. The van der Waals surface area contributed by atoms with Gasteiger partial charge < -0.3 is 10.6 Å². The molecule has 0 saturated carbocycles. The molecule has 0 heterocycles. The van der Waals surface area contributed by atoms with E-state index < -0.39 is 0 Å². The van der Waals surface area contributed by atoms with Crippen LogP contribution in [-0.4, -0.2) is 26.0 Å². The van der Waals surface area contributed by atoms with Crippen LogP contribution in [0.25, 0.3) is 0 Å². The zero-order valence-corrected chi connectivity index (χ0v) is 14.0. The molecular weight excluding hydrogens is 319 g/mol. The second kappa shape index (κ2) is 10.3. The second-order valence-corrected chi connectivity index (χ2v) is 5.43. The van der Waals surface area contributed by atoms with Crippen molar-refractivity contribution in [1.29, 1.82) is 0 Å². The van der Waals surface area contributed by atoms with Gasteiger partial charge in [-0.15, -0.1) is 12.4 Å². The van der Waals surface area contributed by atoms with Crippen LogP contribution in [-0.2, 0) is 11.2 Å². The van der Waals surface area contributed by atoms with Crippen LogP contribution in [0.3, 0.4) is 0 Å². The fourth-order valence-corrected chi connectivity index (χ4v) is 2.25. The Morgan fingerprint density at radius 3 is 2.60 bits per heavy atom. The summed E-state index contributed by atoms with van der Waals surface area (Å²) in [4.78, 5) is 11.9. The molecule has 20 heavy (non-hydrogen) atoms. The monoisotopic (exact) mass is 338 g/mol. The minimum atomic E-state index is -0.103. The van der Waals surface area contributed by atoms with Crippen LogP contribution in [0, 0.1) is 5.92 Å². The molecule has 1 amide bonds. The summed E-state index contributed by atoms with van der Waals surface area (Å²) in [6.45, 7) is 3.49. The van der Waals surface area contributed by atoms with E-state index in [9.17, 15) is 4.79 Å². The summed E-state index contributed by atoms with van der Waals surface area (Å²) >= 11 is 11.9. The van der Waals surface area contributed by atoms with Crippen molar-refractivity contribution in [2.24, 2.45) is 5.92 Å². The number of nitrogens with one attached hydrogen (secondary N) is 2. The van der Waals surface area contributed by atoms with Crippen molar-refractivity contribution < 1.29 is 4.79 Å². The van der Waals surface area contributed by atoms with Crippen molar-refractivity contribution in [1.82, 2.24) is 10.6 Å². The van der Waals surface area contributed by atoms with Crippen molar-refractivity contribution in [3.8, 4) is 0 Å². The quantitative estimate of drug-likeness (QED) is 0.748. The van der Waals surface area contributed by atoms with Crippen LogP contribution in [0.2, 0.25) is 10.0 Å². The topological polar surface area (TPSA) is 41.1 Å². The van der Waals surface area contributed by atoms with E-state index in [0.717, 1.165) is 18.5 Å². The van der Waals surface area contributed by atoms with Crippen molar-refractivity contribution >= 4 is 41.5 Å². The maximum Gasteiger partial charge on any atom is 0.223 e. The standard InChI is InChI=1S/C14H20Cl2N2O.ClH/c1-10(14(19)18-7-3-6-17-2)8-11-4-5-12(15)9-13(11)16;/h4-5,9-10,17H,3,6-8H2,1-2H3,(H,18,19);1H. The molecule has 1 atom stereocenters. The number of amides is 1. The van der Waals surface area contributed by atoms with E-state index in [0.29, 0.717) is 23.0 Å². The van der Waals surface area contributed by atoms with Gasteiger partial charge in [0.25, 0.3) is 0 Å². The lowest BCUT2D eigenvalue weighted by atomic mass is 10.0. The summed E-state index contributed by atoms with van der Waals surface area (Å²) in [5.74, 6) is -0.0459. The number of halogens is 3. The van der Waals surface area contributed by atoms with Gasteiger partial charge in [-0.25, -0.2) is 0 Å². The summed E-state index contributed by atoms with van der Waals surface area (Å²) in [6.07, 6.45) is 1.55. The molecule has 114 valence electrons. The normalized spacial score (nSPS) is 11.6. The van der Waals surface area contributed by atoms with Gasteiger partial charge in [0.15, 0.2) is 0 Å². The van der Waals surface area contributed by atoms with Gasteiger partial charge >= 0.3 is 0 Å². The Morgan fingerprint density at radius 2 is 2.00 bits per heavy atom. The zero-order valence-electron chi connectivity index (χ0n) is 11.7. The number of rotatable bonds is 7. The third kappa shape index (κ3) is 6.80. The Bertz CT molecular complexity index is 427. The van der Waals surface area contributed by atoms with Gasteiger partial charge in [-0.2, -0.15) is 0 Å². The lowest BCUT2D eigenvalue weighted by Gasteiger charge is -2.13. The predicted octanol–water partition coefficient (Wildman–Crippen LogP) is 3.32. The van der Waals surface area contributed by atoms with E-state index in [1.54, 1.807) is 12.1 Å². The number of hydrogen-bond donors (Lipinski definition) is 2. The molecular formula is C14H21Cl3N2O. The molecule has 0 fully saturated rings. The fraction of sp³-hybridized carbons (Fsp3) is 0.500. The lowest BCUT2D eigenvalue weighted by Crippen LogP contribution is -2.32. The van der Waals surface area contributed by atoms with Gasteiger partial charge in [-0.05, 0) is 44.1 Å². The molecule has 1 aromatic rings. The fourth-order valence-electron chi connectivity index (χ4n) is 1.76. The van der Waals surface area contributed by atoms with E-state index in [4.69, 9.17) is 23.2 Å². The van der Waals surface area contributed by atoms with E-state index in [1.165, 1.54) is 0 Å². The van der Waals surface area contributed by atoms with E-state index in [1.807, 2.05) is 20.0 Å². The maximum absolute atomic E-state index is 11.9. The average Bonchev–Trinajstić information content (AvgIpc) is 2.37. The molecule has 0 aliphatic carbocycles. The van der Waals surface area contributed by atoms with Gasteiger partial charge in [-0.1, -0.05) is 36.2 Å². The Morgan fingerprint density at radius 1 is 1.30 bits per heavy atom. The third-order valence-corrected chi connectivity index (χ3v) is 3.48. The van der Waals surface area contributed by atoms with Gasteiger partial charge in [0, 0.05) is 22.5 Å². The molecule has 1 aromatic carbocycles. The van der Waals surface area contributed by atoms with Crippen LogP contribution in [0.5, 0.6) is 0 Å². The highest BCUT2D eigenvalue weighted by molar-refractivity contribution is 6.35. The Labute approximate surface area is 136 Å². The summed E-state index contributed by atoms with van der Waals surface area (Å²) in [6, 6.07) is 5.37. The molecule has 1 unspecified atom stereocenters. The first-order chi connectivity index (χ1) is 9.04. The molecule has 0 aromatic heterocycles. The van der Waals surface area contributed by atoms with Gasteiger partial charge in [-0.3, -0.25) is 4.79 Å². The van der Waals surface area contributed by atoms with Gasteiger partial charge in [0.2, 0.25) is 5.91 Å². The molecule has 0 spiro atoms. The first-order valence-electron chi connectivity index (χ1n) is 6.41. The van der Waals surface area contributed by atoms with Crippen LogP contribution in [0.4, 0.5) is 0 Å². The summed E-state index contributed by atoms with van der Waals surface area (Å²) in [5.41, 5.74) is 0.948. The van der Waals surface area contributed by atoms with E-state index in [2.05, 4.69) is 10.6 Å². The molecule has 0 saturated heterocycles. The molecule has 1 rings (SSSR count). The highest BCUT2D eigenvalue weighted by atomic mass is 35.5. The Balaban J connectivity index is 0.00000361. The van der Waals surface area contributed by atoms with Crippen molar-refractivity contribution in [3.63, 3.8) is 0 Å². The largest absolute Gasteiger partial charge is 0.356 e. The minimum absolute atomic E-state index is 0. The summed E-state index contributed by atoms with van der Waals surface area (Å²) in [7, 11) is 1.90. The van der Waals surface area contributed by atoms with Crippen LogP contribution in [0.15, 0.2) is 18.2 Å². The third-order valence-electron chi connectivity index (χ3n) is 2.89. The zero-order chi connectivity index (χ0) is 14.3. The molecule has 0 radical (unpaired) electrons. The lowest BCUT2D eigenvalue weighted by molar-refractivity contribution is -0.124. The smallest absolute Gasteiger partial charge is 0.223 e. The molecule has 6 heteroatoms.